The summed E-state index contributed by atoms with van der Waals surface area (Å²) < 4.78 is 54.2. The fourth-order valence-electron chi connectivity index (χ4n) is 2.71. The summed E-state index contributed by atoms with van der Waals surface area (Å²) in [5, 5.41) is 11.5. The zero-order valence-corrected chi connectivity index (χ0v) is 18.0. The quantitative estimate of drug-likeness (QED) is 0.205. The number of methoxy groups -OCH3 is 1. The molecule has 0 atom stereocenters. The second-order valence-corrected chi connectivity index (χ2v) is 7.00. The van der Waals surface area contributed by atoms with Crippen molar-refractivity contribution in [3.63, 3.8) is 0 Å². The third-order valence-corrected chi connectivity index (χ3v) is 4.66. The van der Waals surface area contributed by atoms with Crippen LogP contribution in [0.15, 0.2) is 64.8 Å². The first-order chi connectivity index (χ1) is 16.1. The summed E-state index contributed by atoms with van der Waals surface area (Å²) in [5.74, 6) is -1.59. The maximum atomic E-state index is 12.9. The van der Waals surface area contributed by atoms with Crippen molar-refractivity contribution in [3.05, 3.63) is 82.3 Å². The fourth-order valence-corrected chi connectivity index (χ4v) is 2.87. The van der Waals surface area contributed by atoms with Gasteiger partial charge < -0.3 is 19.2 Å². The maximum absolute atomic E-state index is 12.9. The summed E-state index contributed by atoms with van der Waals surface area (Å²) in [6.45, 7) is 0. The topological polar surface area (TPSA) is 102 Å². The summed E-state index contributed by atoms with van der Waals surface area (Å²) in [7, 11) is 1.32. The average molecular weight is 491 g/mol. The lowest BCUT2D eigenvalue weighted by Crippen LogP contribution is -2.15. The number of esters is 1. The van der Waals surface area contributed by atoms with Gasteiger partial charge in [-0.1, -0.05) is 17.7 Å². The van der Waals surface area contributed by atoms with E-state index in [0.717, 1.165) is 12.1 Å². The van der Waals surface area contributed by atoms with Gasteiger partial charge in [-0.25, -0.2) is 4.79 Å². The van der Waals surface area contributed by atoms with Gasteiger partial charge in [0, 0.05) is 0 Å². The van der Waals surface area contributed by atoms with Crippen LogP contribution in [0, 0.1) is 11.3 Å². The van der Waals surface area contributed by atoms with Gasteiger partial charge in [-0.3, -0.25) is 4.79 Å². The maximum Gasteiger partial charge on any atom is 0.416 e. The molecule has 0 saturated carbocycles. The Balaban J connectivity index is 1.83. The number of amides is 1. The summed E-state index contributed by atoms with van der Waals surface area (Å²) in [5.41, 5.74) is -1.42. The molecule has 0 aliphatic rings. The van der Waals surface area contributed by atoms with E-state index in [4.69, 9.17) is 25.5 Å². The van der Waals surface area contributed by atoms with Crippen molar-refractivity contribution >= 4 is 35.2 Å². The third-order valence-electron chi connectivity index (χ3n) is 4.33. The SMILES string of the molecule is COc1cc(/C=C(\C#N)C(=O)Nc2cc(C(F)(F)F)ccc2Cl)ccc1OC(=O)c1ccco1. The second kappa shape index (κ2) is 10.1. The van der Waals surface area contributed by atoms with Gasteiger partial charge in [0.15, 0.2) is 11.5 Å². The number of alkyl halides is 3. The summed E-state index contributed by atoms with van der Waals surface area (Å²) in [6, 6.07) is 11.3. The van der Waals surface area contributed by atoms with E-state index in [1.807, 2.05) is 0 Å². The lowest BCUT2D eigenvalue weighted by atomic mass is 10.1. The molecule has 1 amide bonds. The number of anilines is 1. The third kappa shape index (κ3) is 5.76. The molecule has 0 fully saturated rings. The van der Waals surface area contributed by atoms with Crippen molar-refractivity contribution in [1.29, 1.82) is 5.26 Å². The van der Waals surface area contributed by atoms with Crippen LogP contribution < -0.4 is 14.8 Å². The standard InChI is InChI=1S/C23H14ClF3N2O5/c1-32-20-10-13(4-7-18(20)34-22(31)19-3-2-8-33-19)9-14(12-28)21(30)29-17-11-15(23(25,26)27)5-6-16(17)24/h2-11H,1H3,(H,29,30)/b14-9+. The highest BCUT2D eigenvalue weighted by molar-refractivity contribution is 6.34. The Morgan fingerprint density at radius 3 is 2.53 bits per heavy atom. The normalized spacial score (nSPS) is 11.5. The molecule has 174 valence electrons. The molecule has 0 spiro atoms. The number of nitrogens with one attached hydrogen (secondary N) is 1. The van der Waals surface area contributed by atoms with E-state index in [-0.39, 0.29) is 28.0 Å². The molecule has 0 aliphatic carbocycles. The van der Waals surface area contributed by atoms with E-state index < -0.39 is 29.2 Å². The Hall–Kier alpha value is -4.23. The predicted molar refractivity (Wildman–Crippen MR) is 115 cm³/mol. The first-order valence-corrected chi connectivity index (χ1v) is 9.73. The van der Waals surface area contributed by atoms with Gasteiger partial charge in [-0.05, 0) is 54.1 Å². The number of carbonyl (C=O) groups is 2. The number of rotatable bonds is 6. The van der Waals surface area contributed by atoms with E-state index in [1.165, 1.54) is 49.8 Å². The molecule has 0 aliphatic heterocycles. The van der Waals surface area contributed by atoms with Crippen molar-refractivity contribution in [2.75, 3.05) is 12.4 Å². The average Bonchev–Trinajstić information content (AvgIpc) is 3.34. The summed E-state index contributed by atoms with van der Waals surface area (Å²) in [6.07, 6.45) is -2.16. The van der Waals surface area contributed by atoms with E-state index in [0.29, 0.717) is 11.6 Å². The molecule has 7 nitrogen and oxygen atoms in total. The molecule has 2 aromatic carbocycles. The van der Waals surface area contributed by atoms with Gasteiger partial charge >= 0.3 is 12.1 Å². The molecule has 3 rings (SSSR count). The van der Waals surface area contributed by atoms with Crippen LogP contribution in [0.2, 0.25) is 5.02 Å². The van der Waals surface area contributed by atoms with Gasteiger partial charge in [0.05, 0.1) is 29.6 Å². The molecule has 0 saturated heterocycles. The summed E-state index contributed by atoms with van der Waals surface area (Å²) in [4.78, 5) is 24.6. The molecular weight excluding hydrogens is 477 g/mol. The number of hydrogen-bond donors (Lipinski definition) is 1. The van der Waals surface area contributed by atoms with Crippen molar-refractivity contribution in [3.8, 4) is 17.6 Å². The van der Waals surface area contributed by atoms with Crippen LogP contribution in [0.1, 0.15) is 21.7 Å². The van der Waals surface area contributed by atoms with Gasteiger partial charge in [0.1, 0.15) is 11.6 Å². The van der Waals surface area contributed by atoms with Crippen LogP contribution in [-0.4, -0.2) is 19.0 Å². The number of nitriles is 1. The second-order valence-electron chi connectivity index (χ2n) is 6.59. The molecule has 0 bridgehead atoms. The molecule has 0 radical (unpaired) electrons. The molecule has 1 N–H and O–H groups in total. The number of benzene rings is 2. The zero-order chi connectivity index (χ0) is 24.9. The zero-order valence-electron chi connectivity index (χ0n) is 17.3. The van der Waals surface area contributed by atoms with Crippen LogP contribution in [-0.2, 0) is 11.0 Å². The van der Waals surface area contributed by atoms with E-state index >= 15 is 0 Å². The molecule has 1 heterocycles. The smallest absolute Gasteiger partial charge is 0.416 e. The highest BCUT2D eigenvalue weighted by atomic mass is 35.5. The van der Waals surface area contributed by atoms with Crippen molar-refractivity contribution in [1.82, 2.24) is 0 Å². The fraction of sp³-hybridized carbons (Fsp3) is 0.0870. The monoisotopic (exact) mass is 490 g/mol. The molecule has 1 aromatic heterocycles. The number of ether oxygens (including phenoxy) is 2. The molecular formula is C23H14ClF3N2O5. The van der Waals surface area contributed by atoms with Gasteiger partial charge in [-0.15, -0.1) is 0 Å². The molecule has 0 unspecified atom stereocenters. The van der Waals surface area contributed by atoms with E-state index in [1.54, 1.807) is 6.07 Å². The Kier molecular flexibility index (Phi) is 7.28. The molecule has 3 aromatic rings. The molecule has 11 heteroatoms. The minimum absolute atomic E-state index is 0.0253. The van der Waals surface area contributed by atoms with Crippen molar-refractivity contribution in [2.24, 2.45) is 0 Å². The number of nitrogens with zero attached hydrogens (tertiary/aromatic N) is 1. The van der Waals surface area contributed by atoms with Gasteiger partial charge in [-0.2, -0.15) is 18.4 Å². The van der Waals surface area contributed by atoms with Crippen LogP contribution >= 0.6 is 11.6 Å². The number of furan rings is 1. The first kappa shape index (κ1) is 24.4. The largest absolute Gasteiger partial charge is 0.493 e. The highest BCUT2D eigenvalue weighted by Crippen LogP contribution is 2.34. The Bertz CT molecular complexity index is 1290. The Morgan fingerprint density at radius 2 is 1.91 bits per heavy atom. The Morgan fingerprint density at radius 1 is 1.15 bits per heavy atom. The van der Waals surface area contributed by atoms with E-state index in [2.05, 4.69) is 5.32 Å². The number of hydrogen-bond acceptors (Lipinski definition) is 6. The van der Waals surface area contributed by atoms with Crippen LogP contribution in [0.5, 0.6) is 11.5 Å². The summed E-state index contributed by atoms with van der Waals surface area (Å²) >= 11 is 5.88. The number of carbonyl (C=O) groups excluding carboxylic acids is 2. The minimum atomic E-state index is -4.64. The number of halogens is 4. The highest BCUT2D eigenvalue weighted by Gasteiger charge is 2.31. The van der Waals surface area contributed by atoms with Gasteiger partial charge in [0.2, 0.25) is 5.76 Å². The van der Waals surface area contributed by atoms with Crippen LogP contribution in [0.3, 0.4) is 0 Å². The lowest BCUT2D eigenvalue weighted by molar-refractivity contribution is -0.137. The predicted octanol–water partition coefficient (Wildman–Crippen LogP) is 5.73. The lowest BCUT2D eigenvalue weighted by Gasteiger charge is -2.11. The van der Waals surface area contributed by atoms with Crippen molar-refractivity contribution < 1.29 is 36.7 Å². The van der Waals surface area contributed by atoms with E-state index in [9.17, 15) is 28.0 Å². The first-order valence-electron chi connectivity index (χ1n) is 9.36. The molecule has 34 heavy (non-hydrogen) atoms. The minimum Gasteiger partial charge on any atom is -0.493 e. The Labute approximate surface area is 195 Å². The van der Waals surface area contributed by atoms with Gasteiger partial charge in [0.25, 0.3) is 5.91 Å². The van der Waals surface area contributed by atoms with Crippen LogP contribution in [0.25, 0.3) is 6.08 Å². The van der Waals surface area contributed by atoms with Crippen molar-refractivity contribution in [2.45, 2.75) is 6.18 Å². The van der Waals surface area contributed by atoms with Crippen LogP contribution in [0.4, 0.5) is 18.9 Å².